The van der Waals surface area contributed by atoms with E-state index in [9.17, 15) is 13.2 Å². The Kier molecular flexibility index (Phi) is 4.91. The van der Waals surface area contributed by atoms with Crippen LogP contribution in [0.4, 0.5) is 0 Å². The van der Waals surface area contributed by atoms with Crippen molar-refractivity contribution in [2.24, 2.45) is 7.05 Å². The SMILES string of the molecule is CN(Cc1cnn(C)c1)S(=O)(=O)c1ccc(C(=O)N2CCCC2)cc1. The first-order valence-corrected chi connectivity index (χ1v) is 9.65. The van der Waals surface area contributed by atoms with Crippen LogP contribution < -0.4 is 0 Å². The highest BCUT2D eigenvalue weighted by Gasteiger charge is 2.23. The van der Waals surface area contributed by atoms with Crippen LogP contribution in [0.1, 0.15) is 28.8 Å². The van der Waals surface area contributed by atoms with Crippen LogP contribution in [0.5, 0.6) is 0 Å². The van der Waals surface area contributed by atoms with Gasteiger partial charge < -0.3 is 4.90 Å². The van der Waals surface area contributed by atoms with Crippen LogP contribution in [0.25, 0.3) is 0 Å². The summed E-state index contributed by atoms with van der Waals surface area (Å²) < 4.78 is 28.3. The summed E-state index contributed by atoms with van der Waals surface area (Å²) in [4.78, 5) is 14.3. The van der Waals surface area contributed by atoms with Crippen molar-refractivity contribution in [1.29, 1.82) is 0 Å². The average Bonchev–Trinajstić information content (AvgIpc) is 3.26. The minimum Gasteiger partial charge on any atom is -0.339 e. The quantitative estimate of drug-likeness (QED) is 0.807. The molecule has 2 aromatic rings. The van der Waals surface area contributed by atoms with E-state index >= 15 is 0 Å². The molecule has 7 nitrogen and oxygen atoms in total. The molecule has 0 atom stereocenters. The number of carbonyl (C=O) groups excluding carboxylic acids is 1. The van der Waals surface area contributed by atoms with Gasteiger partial charge in [0.1, 0.15) is 0 Å². The minimum absolute atomic E-state index is 0.0369. The maximum absolute atomic E-state index is 12.7. The number of nitrogens with zero attached hydrogens (tertiary/aromatic N) is 4. The highest BCUT2D eigenvalue weighted by atomic mass is 32.2. The van der Waals surface area contributed by atoms with Crippen LogP contribution in [0.3, 0.4) is 0 Å². The number of hydrogen-bond donors (Lipinski definition) is 0. The monoisotopic (exact) mass is 362 g/mol. The predicted molar refractivity (Wildman–Crippen MR) is 93.4 cm³/mol. The molecule has 0 radical (unpaired) electrons. The first-order valence-electron chi connectivity index (χ1n) is 8.21. The minimum atomic E-state index is -3.62. The zero-order valence-corrected chi connectivity index (χ0v) is 15.2. The van der Waals surface area contributed by atoms with E-state index in [0.29, 0.717) is 5.56 Å². The molecule has 25 heavy (non-hydrogen) atoms. The third-order valence-corrected chi connectivity index (χ3v) is 6.18. The molecule has 1 fully saturated rings. The van der Waals surface area contributed by atoms with Gasteiger partial charge in [-0.05, 0) is 37.1 Å². The smallest absolute Gasteiger partial charge is 0.253 e. The first kappa shape index (κ1) is 17.6. The van der Waals surface area contributed by atoms with Crippen LogP contribution >= 0.6 is 0 Å². The number of likely N-dealkylation sites (tertiary alicyclic amines) is 1. The lowest BCUT2D eigenvalue weighted by Gasteiger charge is -2.18. The van der Waals surface area contributed by atoms with E-state index in [1.165, 1.54) is 23.5 Å². The number of amides is 1. The molecule has 134 valence electrons. The van der Waals surface area contributed by atoms with Crippen molar-refractivity contribution < 1.29 is 13.2 Å². The maximum Gasteiger partial charge on any atom is 0.253 e. The van der Waals surface area contributed by atoms with Crippen LogP contribution in [-0.2, 0) is 23.6 Å². The van der Waals surface area contributed by atoms with Gasteiger partial charge in [0.05, 0.1) is 11.1 Å². The summed E-state index contributed by atoms with van der Waals surface area (Å²) in [5, 5.41) is 4.05. The Labute approximate surface area is 147 Å². The topological polar surface area (TPSA) is 75.5 Å². The average molecular weight is 362 g/mol. The molecular formula is C17H22N4O3S. The number of benzene rings is 1. The molecular weight excluding hydrogens is 340 g/mol. The number of aryl methyl sites for hydroxylation is 1. The van der Waals surface area contributed by atoms with E-state index in [1.54, 1.807) is 41.2 Å². The van der Waals surface area contributed by atoms with Crippen LogP contribution in [0.2, 0.25) is 0 Å². The van der Waals surface area contributed by atoms with Crippen molar-refractivity contribution in [3.63, 3.8) is 0 Å². The Bertz CT molecular complexity index is 852. The van der Waals surface area contributed by atoms with Gasteiger partial charge in [-0.15, -0.1) is 0 Å². The molecule has 0 saturated carbocycles. The van der Waals surface area contributed by atoms with Crippen LogP contribution in [-0.4, -0.2) is 53.4 Å². The van der Waals surface area contributed by atoms with Gasteiger partial charge in [-0.25, -0.2) is 8.42 Å². The Balaban J connectivity index is 1.74. The second kappa shape index (κ2) is 6.97. The third kappa shape index (κ3) is 3.74. The number of carbonyl (C=O) groups is 1. The van der Waals surface area contributed by atoms with Crippen molar-refractivity contribution in [1.82, 2.24) is 19.0 Å². The second-order valence-electron chi connectivity index (χ2n) is 6.31. The molecule has 1 amide bonds. The second-order valence-corrected chi connectivity index (χ2v) is 8.35. The fourth-order valence-electron chi connectivity index (χ4n) is 2.95. The van der Waals surface area contributed by atoms with E-state index in [0.717, 1.165) is 31.5 Å². The molecule has 0 aliphatic carbocycles. The zero-order valence-electron chi connectivity index (χ0n) is 14.4. The number of hydrogen-bond acceptors (Lipinski definition) is 4. The van der Waals surface area contributed by atoms with Crippen LogP contribution in [0, 0.1) is 0 Å². The number of sulfonamides is 1. The first-order chi connectivity index (χ1) is 11.9. The van der Waals surface area contributed by atoms with Gasteiger partial charge >= 0.3 is 0 Å². The van der Waals surface area contributed by atoms with Gasteiger partial charge in [-0.1, -0.05) is 0 Å². The molecule has 0 unspecified atom stereocenters. The molecule has 3 rings (SSSR count). The third-order valence-electron chi connectivity index (χ3n) is 4.37. The Morgan fingerprint density at radius 2 is 1.84 bits per heavy atom. The van der Waals surface area contributed by atoms with Gasteiger partial charge in [0.15, 0.2) is 0 Å². The number of rotatable bonds is 5. The molecule has 0 bridgehead atoms. The largest absolute Gasteiger partial charge is 0.339 e. The molecule has 1 aliphatic heterocycles. The van der Waals surface area contributed by atoms with Gasteiger partial charge in [0.2, 0.25) is 10.0 Å². The summed E-state index contributed by atoms with van der Waals surface area (Å²) >= 11 is 0. The molecule has 2 heterocycles. The van der Waals surface area contributed by atoms with Gasteiger partial charge in [-0.2, -0.15) is 9.40 Å². The summed E-state index contributed by atoms with van der Waals surface area (Å²) in [7, 11) is -0.299. The van der Waals surface area contributed by atoms with Gasteiger partial charge in [-0.3, -0.25) is 9.48 Å². The molecule has 1 saturated heterocycles. The van der Waals surface area contributed by atoms with E-state index in [4.69, 9.17) is 0 Å². The summed E-state index contributed by atoms with van der Waals surface area (Å²) in [6, 6.07) is 6.17. The summed E-state index contributed by atoms with van der Waals surface area (Å²) in [6.45, 7) is 1.78. The summed E-state index contributed by atoms with van der Waals surface area (Å²) in [5.74, 6) is -0.0369. The molecule has 1 aromatic carbocycles. The highest BCUT2D eigenvalue weighted by Crippen LogP contribution is 2.19. The van der Waals surface area contributed by atoms with Gasteiger partial charge in [0, 0.05) is 51.1 Å². The van der Waals surface area contributed by atoms with E-state index in [1.807, 2.05) is 0 Å². The predicted octanol–water partition coefficient (Wildman–Crippen LogP) is 1.48. The Morgan fingerprint density at radius 3 is 2.40 bits per heavy atom. The Morgan fingerprint density at radius 1 is 1.20 bits per heavy atom. The van der Waals surface area contributed by atoms with Crippen molar-refractivity contribution >= 4 is 15.9 Å². The normalized spacial score (nSPS) is 15.1. The lowest BCUT2D eigenvalue weighted by Crippen LogP contribution is -2.28. The Hall–Kier alpha value is -2.19. The highest BCUT2D eigenvalue weighted by molar-refractivity contribution is 7.89. The maximum atomic E-state index is 12.7. The zero-order chi connectivity index (χ0) is 18.0. The van der Waals surface area contributed by atoms with Crippen molar-refractivity contribution in [3.05, 3.63) is 47.8 Å². The fraction of sp³-hybridized carbons (Fsp3) is 0.412. The lowest BCUT2D eigenvalue weighted by molar-refractivity contribution is 0.0792. The molecule has 0 N–H and O–H groups in total. The molecule has 1 aromatic heterocycles. The number of aromatic nitrogens is 2. The summed E-state index contributed by atoms with van der Waals surface area (Å²) in [5.41, 5.74) is 1.34. The van der Waals surface area contributed by atoms with Crippen molar-refractivity contribution in [2.45, 2.75) is 24.3 Å². The molecule has 0 spiro atoms. The molecule has 1 aliphatic rings. The van der Waals surface area contributed by atoms with Crippen molar-refractivity contribution in [2.75, 3.05) is 20.1 Å². The summed E-state index contributed by atoms with van der Waals surface area (Å²) in [6.07, 6.45) is 5.47. The molecule has 8 heteroatoms. The van der Waals surface area contributed by atoms with Crippen molar-refractivity contribution in [3.8, 4) is 0 Å². The van der Waals surface area contributed by atoms with E-state index in [2.05, 4.69) is 5.10 Å². The van der Waals surface area contributed by atoms with Gasteiger partial charge in [0.25, 0.3) is 5.91 Å². The van der Waals surface area contributed by atoms with E-state index < -0.39 is 10.0 Å². The lowest BCUT2D eigenvalue weighted by atomic mass is 10.2. The van der Waals surface area contributed by atoms with Crippen LogP contribution in [0.15, 0.2) is 41.6 Å². The van der Waals surface area contributed by atoms with E-state index in [-0.39, 0.29) is 17.3 Å². The fourth-order valence-corrected chi connectivity index (χ4v) is 4.11. The standard InChI is InChI=1S/C17H22N4O3S/c1-19-12-14(11-18-19)13-20(2)25(23,24)16-7-5-15(6-8-16)17(22)21-9-3-4-10-21/h5-8,11-12H,3-4,9-10,13H2,1-2H3.